The highest BCUT2D eigenvalue weighted by molar-refractivity contribution is 7.89. The fourth-order valence-corrected chi connectivity index (χ4v) is 4.38. The van der Waals surface area contributed by atoms with Crippen molar-refractivity contribution in [3.05, 3.63) is 71.8 Å². The lowest BCUT2D eigenvalue weighted by molar-refractivity contribution is 0.245. The van der Waals surface area contributed by atoms with Crippen LogP contribution in [0.25, 0.3) is 5.69 Å². The van der Waals surface area contributed by atoms with E-state index in [1.54, 1.807) is 40.0 Å². The van der Waals surface area contributed by atoms with Crippen LogP contribution in [0.15, 0.2) is 59.6 Å². The molecule has 1 aliphatic rings. The highest BCUT2D eigenvalue weighted by Crippen LogP contribution is 2.29. The molecule has 0 atom stereocenters. The van der Waals surface area contributed by atoms with Gasteiger partial charge in [0.15, 0.2) is 0 Å². The average Bonchev–Trinajstić information content (AvgIpc) is 3.22. The fourth-order valence-electron chi connectivity index (χ4n) is 3.58. The molecule has 0 fully saturated rings. The Hall–Kier alpha value is -3.24. The molecule has 4 rings (SSSR count). The van der Waals surface area contributed by atoms with E-state index in [0.717, 1.165) is 24.2 Å². The van der Waals surface area contributed by atoms with Crippen LogP contribution >= 0.6 is 0 Å². The first-order valence-corrected chi connectivity index (χ1v) is 11.3. The van der Waals surface area contributed by atoms with Crippen LogP contribution in [0.3, 0.4) is 0 Å². The number of anilines is 1. The van der Waals surface area contributed by atoms with Gasteiger partial charge in [-0.05, 0) is 61.9 Å². The molecule has 2 aromatic carbocycles. The Kier molecular flexibility index (Phi) is 5.75. The summed E-state index contributed by atoms with van der Waals surface area (Å²) in [5, 5.41) is 7.24. The van der Waals surface area contributed by atoms with E-state index in [0.29, 0.717) is 17.8 Å². The second-order valence-electron chi connectivity index (χ2n) is 7.13. The summed E-state index contributed by atoms with van der Waals surface area (Å²) in [6, 6.07) is 12.2. The summed E-state index contributed by atoms with van der Waals surface area (Å²) in [6.45, 7) is 0.728. The zero-order valence-electron chi connectivity index (χ0n) is 16.9. The van der Waals surface area contributed by atoms with Crippen molar-refractivity contribution in [2.45, 2.75) is 24.3 Å². The van der Waals surface area contributed by atoms with Crippen LogP contribution in [0.1, 0.15) is 17.7 Å². The number of fused-ring (bicyclic) bond motifs is 1. The molecule has 2 amide bonds. The van der Waals surface area contributed by atoms with Gasteiger partial charge in [-0.1, -0.05) is 12.1 Å². The Morgan fingerprint density at radius 2 is 1.97 bits per heavy atom. The molecule has 10 heteroatoms. The Morgan fingerprint density at radius 3 is 2.71 bits per heavy atom. The first-order valence-electron chi connectivity index (χ1n) is 9.80. The van der Waals surface area contributed by atoms with Gasteiger partial charge in [0.05, 0.1) is 28.2 Å². The lowest BCUT2D eigenvalue weighted by atomic mass is 10.1. The molecule has 0 unspecified atom stereocenters. The SMILES string of the molecule is CNS(=O)(=O)c1cccc(CNC(=O)N2CCCc3c2cnn3-c2ccc(F)cc2)c1. The summed E-state index contributed by atoms with van der Waals surface area (Å²) in [7, 11) is -2.20. The molecule has 0 saturated heterocycles. The third-order valence-corrected chi connectivity index (χ3v) is 6.58. The van der Waals surface area contributed by atoms with Crippen LogP contribution < -0.4 is 14.9 Å². The van der Waals surface area contributed by atoms with Gasteiger partial charge in [0, 0.05) is 13.1 Å². The lowest BCUT2D eigenvalue weighted by Gasteiger charge is -2.27. The summed E-state index contributed by atoms with van der Waals surface area (Å²) in [5.41, 5.74) is 2.99. The maximum Gasteiger partial charge on any atom is 0.322 e. The number of sulfonamides is 1. The van der Waals surface area contributed by atoms with Crippen molar-refractivity contribution in [1.29, 1.82) is 0 Å². The number of carbonyl (C=O) groups is 1. The third kappa shape index (κ3) is 4.30. The highest BCUT2D eigenvalue weighted by atomic mass is 32.2. The number of amides is 2. The van der Waals surface area contributed by atoms with E-state index in [-0.39, 0.29) is 23.3 Å². The van der Waals surface area contributed by atoms with Crippen molar-refractivity contribution in [3.8, 4) is 5.69 Å². The normalized spacial score (nSPS) is 13.7. The van der Waals surface area contributed by atoms with Crippen molar-refractivity contribution in [3.63, 3.8) is 0 Å². The molecule has 2 N–H and O–H groups in total. The van der Waals surface area contributed by atoms with Gasteiger partial charge in [-0.15, -0.1) is 0 Å². The zero-order valence-corrected chi connectivity index (χ0v) is 17.7. The van der Waals surface area contributed by atoms with Gasteiger partial charge in [-0.3, -0.25) is 4.90 Å². The van der Waals surface area contributed by atoms with Gasteiger partial charge in [0.1, 0.15) is 5.82 Å². The molecule has 8 nitrogen and oxygen atoms in total. The second-order valence-corrected chi connectivity index (χ2v) is 9.02. The number of hydrogen-bond donors (Lipinski definition) is 2. The first-order chi connectivity index (χ1) is 14.9. The summed E-state index contributed by atoms with van der Waals surface area (Å²) in [5.74, 6) is -0.322. The number of nitrogens with one attached hydrogen (secondary N) is 2. The molecular weight excluding hydrogens is 421 g/mol. The lowest BCUT2D eigenvalue weighted by Crippen LogP contribution is -2.42. The zero-order chi connectivity index (χ0) is 22.0. The number of benzene rings is 2. The van der Waals surface area contributed by atoms with E-state index in [9.17, 15) is 17.6 Å². The summed E-state index contributed by atoms with van der Waals surface area (Å²) in [4.78, 5) is 14.6. The number of aromatic nitrogens is 2. The Labute approximate surface area is 179 Å². The van der Waals surface area contributed by atoms with Crippen molar-refractivity contribution in [1.82, 2.24) is 19.8 Å². The maximum absolute atomic E-state index is 13.2. The van der Waals surface area contributed by atoms with Gasteiger partial charge in [-0.2, -0.15) is 5.10 Å². The van der Waals surface area contributed by atoms with Gasteiger partial charge >= 0.3 is 6.03 Å². The van der Waals surface area contributed by atoms with E-state index in [1.165, 1.54) is 31.3 Å². The summed E-state index contributed by atoms with van der Waals surface area (Å²) >= 11 is 0. The molecule has 162 valence electrons. The predicted molar refractivity (Wildman–Crippen MR) is 114 cm³/mol. The smallest absolute Gasteiger partial charge is 0.322 e. The molecule has 0 radical (unpaired) electrons. The minimum atomic E-state index is -3.55. The quantitative estimate of drug-likeness (QED) is 0.634. The minimum absolute atomic E-state index is 0.141. The van der Waals surface area contributed by atoms with Gasteiger partial charge in [-0.25, -0.2) is 27.0 Å². The van der Waals surface area contributed by atoms with E-state index in [1.807, 2.05) is 0 Å². The number of urea groups is 1. The van der Waals surface area contributed by atoms with Gasteiger partial charge < -0.3 is 5.32 Å². The fraction of sp³-hybridized carbons (Fsp3) is 0.238. The molecular formula is C21H22FN5O3S. The molecule has 2 heterocycles. The number of halogens is 1. The summed E-state index contributed by atoms with van der Waals surface area (Å²) in [6.07, 6.45) is 3.15. The van der Waals surface area contributed by atoms with E-state index >= 15 is 0 Å². The molecule has 0 saturated carbocycles. The highest BCUT2D eigenvalue weighted by Gasteiger charge is 2.26. The largest absolute Gasteiger partial charge is 0.334 e. The van der Waals surface area contributed by atoms with Gasteiger partial charge in [0.2, 0.25) is 10.0 Å². The van der Waals surface area contributed by atoms with Crippen LogP contribution in [0.2, 0.25) is 0 Å². The van der Waals surface area contributed by atoms with Crippen molar-refractivity contribution < 1.29 is 17.6 Å². The van der Waals surface area contributed by atoms with E-state index in [2.05, 4.69) is 15.1 Å². The standard InChI is InChI=1S/C21H22FN5O3S/c1-23-31(29,30)18-5-2-4-15(12-18)13-24-21(28)26-11-3-6-19-20(26)14-25-27(19)17-9-7-16(22)8-10-17/h2,4-5,7-10,12,14,23H,3,6,11,13H2,1H3,(H,24,28). The molecule has 31 heavy (non-hydrogen) atoms. The Morgan fingerprint density at radius 1 is 1.19 bits per heavy atom. The van der Waals surface area contributed by atoms with Crippen molar-refractivity contribution in [2.75, 3.05) is 18.5 Å². The van der Waals surface area contributed by atoms with Crippen LogP contribution in [0.4, 0.5) is 14.9 Å². The predicted octanol–water partition coefficient (Wildman–Crippen LogP) is 2.58. The Balaban J connectivity index is 1.50. The topological polar surface area (TPSA) is 96.3 Å². The number of carbonyl (C=O) groups excluding carboxylic acids is 1. The summed E-state index contributed by atoms with van der Waals surface area (Å²) < 4.78 is 41.2. The van der Waals surface area contributed by atoms with Crippen LogP contribution in [0.5, 0.6) is 0 Å². The maximum atomic E-state index is 13.2. The Bertz CT molecular complexity index is 1210. The van der Waals surface area contributed by atoms with Crippen LogP contribution in [0, 0.1) is 5.82 Å². The van der Waals surface area contributed by atoms with Crippen LogP contribution in [-0.4, -0.2) is 37.8 Å². The van der Waals surface area contributed by atoms with E-state index < -0.39 is 10.0 Å². The number of rotatable bonds is 5. The second kappa shape index (κ2) is 8.48. The molecule has 0 bridgehead atoms. The molecule has 1 aliphatic heterocycles. The minimum Gasteiger partial charge on any atom is -0.334 e. The van der Waals surface area contributed by atoms with Crippen LogP contribution in [-0.2, 0) is 23.0 Å². The average molecular weight is 444 g/mol. The van der Waals surface area contributed by atoms with E-state index in [4.69, 9.17) is 0 Å². The molecule has 0 aliphatic carbocycles. The first kappa shape index (κ1) is 21.0. The van der Waals surface area contributed by atoms with Crippen molar-refractivity contribution in [2.24, 2.45) is 0 Å². The molecule has 1 aromatic heterocycles. The third-order valence-electron chi connectivity index (χ3n) is 5.17. The van der Waals surface area contributed by atoms with Crippen molar-refractivity contribution >= 4 is 21.7 Å². The number of hydrogen-bond acceptors (Lipinski definition) is 4. The van der Waals surface area contributed by atoms with Gasteiger partial charge in [0.25, 0.3) is 0 Å². The molecule has 0 spiro atoms. The number of nitrogens with zero attached hydrogens (tertiary/aromatic N) is 3. The molecule has 3 aromatic rings. The monoisotopic (exact) mass is 443 g/mol.